The van der Waals surface area contributed by atoms with E-state index in [1.807, 2.05) is 29.2 Å². The van der Waals surface area contributed by atoms with E-state index >= 15 is 0 Å². The monoisotopic (exact) mass is 430 g/mol. The van der Waals surface area contributed by atoms with Crippen LogP contribution in [-0.2, 0) is 5.54 Å². The van der Waals surface area contributed by atoms with E-state index in [0.717, 1.165) is 30.8 Å². The van der Waals surface area contributed by atoms with Gasteiger partial charge in [-0.05, 0) is 80.8 Å². The molecule has 0 unspecified atom stereocenters. The number of methoxy groups -OCH3 is 1. The van der Waals surface area contributed by atoms with Crippen molar-refractivity contribution in [2.24, 2.45) is 0 Å². The zero-order chi connectivity index (χ0) is 22.3. The summed E-state index contributed by atoms with van der Waals surface area (Å²) < 4.78 is 7.54. The third kappa shape index (κ3) is 3.22. The van der Waals surface area contributed by atoms with E-state index in [4.69, 9.17) is 4.74 Å². The summed E-state index contributed by atoms with van der Waals surface area (Å²) in [5.41, 5.74) is 5.79. The van der Waals surface area contributed by atoms with Crippen LogP contribution >= 0.6 is 0 Å². The number of hydrogen-bond acceptors (Lipinski definition) is 3. The molecule has 2 aromatic carbocycles. The minimum absolute atomic E-state index is 0.0458. The number of nitrogens with zero attached hydrogens (tertiary/aromatic N) is 3. The Labute approximate surface area is 189 Å². The summed E-state index contributed by atoms with van der Waals surface area (Å²) in [6, 6.07) is 18.5. The molecule has 3 aromatic rings. The van der Waals surface area contributed by atoms with Gasteiger partial charge in [0, 0.05) is 37.2 Å². The van der Waals surface area contributed by atoms with Crippen molar-refractivity contribution in [3.05, 3.63) is 72.1 Å². The maximum absolute atomic E-state index is 12.9. The molecule has 0 aliphatic carbocycles. The van der Waals surface area contributed by atoms with Crippen molar-refractivity contribution >= 4 is 17.4 Å². The van der Waals surface area contributed by atoms with Crippen LogP contribution in [0.5, 0.6) is 5.75 Å². The van der Waals surface area contributed by atoms with Crippen LogP contribution in [0, 0.1) is 6.92 Å². The van der Waals surface area contributed by atoms with Crippen molar-refractivity contribution < 1.29 is 9.53 Å². The van der Waals surface area contributed by atoms with Gasteiger partial charge in [-0.1, -0.05) is 6.07 Å². The van der Waals surface area contributed by atoms with Gasteiger partial charge in [-0.15, -0.1) is 0 Å². The van der Waals surface area contributed by atoms with Crippen molar-refractivity contribution in [2.75, 3.05) is 37.0 Å². The smallest absolute Gasteiger partial charge is 0.321 e. The molecule has 6 heteroatoms. The highest BCUT2D eigenvalue weighted by molar-refractivity contribution is 5.89. The summed E-state index contributed by atoms with van der Waals surface area (Å²) in [7, 11) is 1.64. The van der Waals surface area contributed by atoms with Gasteiger partial charge in [0.1, 0.15) is 5.75 Å². The molecule has 0 atom stereocenters. The number of nitrogens with one attached hydrogen (secondary N) is 1. The predicted octanol–water partition coefficient (Wildman–Crippen LogP) is 5.16. The van der Waals surface area contributed by atoms with Crippen LogP contribution in [0.15, 0.2) is 60.8 Å². The van der Waals surface area contributed by atoms with E-state index in [2.05, 4.69) is 65.2 Å². The van der Waals surface area contributed by atoms with E-state index < -0.39 is 0 Å². The van der Waals surface area contributed by atoms with Gasteiger partial charge in [0.25, 0.3) is 0 Å². The fourth-order valence-corrected chi connectivity index (χ4v) is 5.35. The average Bonchev–Trinajstić information content (AvgIpc) is 3.31. The molecule has 0 saturated carbocycles. The molecule has 0 radical (unpaired) electrons. The fraction of sp³-hybridized carbons (Fsp3) is 0.346. The summed E-state index contributed by atoms with van der Waals surface area (Å²) in [6.07, 6.45) is 3.96. The SMILES string of the molecule is CCN1c2cc(C)ccc2-n2cccc2C12CCN(C(=O)Nc1ccc(OC)cc1)CC2. The molecule has 1 fully saturated rings. The minimum Gasteiger partial charge on any atom is -0.497 e. The third-order valence-electron chi connectivity index (χ3n) is 6.96. The number of piperidine rings is 1. The van der Waals surface area contributed by atoms with Gasteiger partial charge in [-0.2, -0.15) is 0 Å². The second kappa shape index (κ2) is 7.93. The number of carbonyl (C=O) groups is 1. The maximum Gasteiger partial charge on any atom is 0.321 e. The Morgan fingerprint density at radius 3 is 2.50 bits per heavy atom. The van der Waals surface area contributed by atoms with Crippen LogP contribution in [0.2, 0.25) is 0 Å². The topological polar surface area (TPSA) is 49.7 Å². The zero-order valence-corrected chi connectivity index (χ0v) is 19.0. The Bertz CT molecular complexity index is 1130. The third-order valence-corrected chi connectivity index (χ3v) is 6.96. The Kier molecular flexibility index (Phi) is 5.08. The number of carbonyl (C=O) groups excluding carboxylic acids is 1. The number of aromatic nitrogens is 1. The average molecular weight is 431 g/mol. The number of hydrogen-bond donors (Lipinski definition) is 1. The zero-order valence-electron chi connectivity index (χ0n) is 19.0. The number of aryl methyl sites for hydroxylation is 1. The second-order valence-electron chi connectivity index (χ2n) is 8.68. The minimum atomic E-state index is -0.101. The molecular weight excluding hydrogens is 400 g/mol. The van der Waals surface area contributed by atoms with Crippen molar-refractivity contribution in [2.45, 2.75) is 32.2 Å². The lowest BCUT2D eigenvalue weighted by molar-refractivity contribution is 0.161. The molecular formula is C26H30N4O2. The Hall–Kier alpha value is -3.41. The first-order chi connectivity index (χ1) is 15.6. The van der Waals surface area contributed by atoms with Crippen LogP contribution in [0.4, 0.5) is 16.2 Å². The summed E-state index contributed by atoms with van der Waals surface area (Å²) in [4.78, 5) is 17.4. The van der Waals surface area contributed by atoms with Gasteiger partial charge in [0.05, 0.1) is 24.0 Å². The first-order valence-electron chi connectivity index (χ1n) is 11.3. The van der Waals surface area contributed by atoms with Gasteiger partial charge < -0.3 is 24.4 Å². The first-order valence-corrected chi connectivity index (χ1v) is 11.3. The molecule has 0 bridgehead atoms. The normalized spacial score (nSPS) is 16.5. The van der Waals surface area contributed by atoms with Gasteiger partial charge in [-0.3, -0.25) is 0 Å². The molecule has 2 aliphatic heterocycles. The van der Waals surface area contributed by atoms with Gasteiger partial charge in [0.2, 0.25) is 0 Å². The highest BCUT2D eigenvalue weighted by atomic mass is 16.5. The number of anilines is 2. The number of benzene rings is 2. The number of urea groups is 1. The Balaban J connectivity index is 1.38. The number of rotatable bonds is 3. The summed E-state index contributed by atoms with van der Waals surface area (Å²) >= 11 is 0. The van der Waals surface area contributed by atoms with E-state index in [1.54, 1.807) is 7.11 Å². The van der Waals surface area contributed by atoms with Crippen molar-refractivity contribution in [3.63, 3.8) is 0 Å². The highest BCUT2D eigenvalue weighted by Gasteiger charge is 2.46. The molecule has 1 saturated heterocycles. The predicted molar refractivity (Wildman–Crippen MR) is 128 cm³/mol. The van der Waals surface area contributed by atoms with Crippen molar-refractivity contribution in [1.82, 2.24) is 9.47 Å². The second-order valence-corrected chi connectivity index (χ2v) is 8.68. The highest BCUT2D eigenvalue weighted by Crippen LogP contribution is 2.48. The lowest BCUT2D eigenvalue weighted by Gasteiger charge is -2.53. The molecule has 1 N–H and O–H groups in total. The molecule has 2 aliphatic rings. The van der Waals surface area contributed by atoms with Crippen LogP contribution in [0.3, 0.4) is 0 Å². The van der Waals surface area contributed by atoms with Crippen LogP contribution in [0.25, 0.3) is 5.69 Å². The quantitative estimate of drug-likeness (QED) is 0.625. The molecule has 3 heterocycles. The standard InChI is InChI=1S/C26H30N4O2/c1-4-30-23-18-19(2)7-12-22(23)29-15-5-6-24(29)26(30)13-16-28(17-14-26)25(31)27-20-8-10-21(32-3)11-9-20/h5-12,15,18H,4,13-14,16-17H2,1-3H3,(H,27,31). The summed E-state index contributed by atoms with van der Waals surface area (Å²) in [5, 5.41) is 3.03. The number of likely N-dealkylation sites (tertiary alicyclic amines) is 1. The first kappa shape index (κ1) is 20.5. The molecule has 166 valence electrons. The van der Waals surface area contributed by atoms with Crippen LogP contribution in [0.1, 0.15) is 31.0 Å². The fourth-order valence-electron chi connectivity index (χ4n) is 5.35. The molecule has 5 rings (SSSR count). The molecule has 2 amide bonds. The van der Waals surface area contributed by atoms with E-state index in [9.17, 15) is 4.79 Å². The number of ether oxygens (including phenoxy) is 1. The number of fused-ring (bicyclic) bond motifs is 4. The molecule has 1 aromatic heterocycles. The number of amides is 2. The van der Waals surface area contributed by atoms with E-state index in [1.165, 1.54) is 22.6 Å². The van der Waals surface area contributed by atoms with Crippen molar-refractivity contribution in [3.8, 4) is 11.4 Å². The summed E-state index contributed by atoms with van der Waals surface area (Å²) in [6.45, 7) is 6.74. The molecule has 1 spiro atoms. The van der Waals surface area contributed by atoms with Crippen LogP contribution in [-0.4, -0.2) is 42.2 Å². The summed E-state index contributed by atoms with van der Waals surface area (Å²) in [5.74, 6) is 0.776. The lowest BCUT2D eigenvalue weighted by atomic mass is 9.80. The largest absolute Gasteiger partial charge is 0.497 e. The Morgan fingerprint density at radius 2 is 1.81 bits per heavy atom. The van der Waals surface area contributed by atoms with Gasteiger partial charge in [0.15, 0.2) is 0 Å². The van der Waals surface area contributed by atoms with Crippen molar-refractivity contribution in [1.29, 1.82) is 0 Å². The van der Waals surface area contributed by atoms with Crippen LogP contribution < -0.4 is 15.0 Å². The lowest BCUT2D eigenvalue weighted by Crippen LogP contribution is -2.57. The molecule has 32 heavy (non-hydrogen) atoms. The molecule has 6 nitrogen and oxygen atoms in total. The van der Waals surface area contributed by atoms with E-state index in [-0.39, 0.29) is 11.6 Å². The van der Waals surface area contributed by atoms with Gasteiger partial charge >= 0.3 is 6.03 Å². The Morgan fingerprint density at radius 1 is 1.06 bits per heavy atom. The van der Waals surface area contributed by atoms with E-state index in [0.29, 0.717) is 13.1 Å². The maximum atomic E-state index is 12.9. The van der Waals surface area contributed by atoms with Gasteiger partial charge in [-0.25, -0.2) is 4.79 Å².